The summed E-state index contributed by atoms with van der Waals surface area (Å²) in [6.45, 7) is 6.04. The molecule has 2 aliphatic heterocycles. The molecule has 192 valence electrons. The highest BCUT2D eigenvalue weighted by molar-refractivity contribution is 7.91. The Morgan fingerprint density at radius 3 is 2.46 bits per heavy atom. The number of rotatable bonds is 7. The van der Waals surface area contributed by atoms with Gasteiger partial charge >= 0.3 is 0 Å². The van der Waals surface area contributed by atoms with Crippen molar-refractivity contribution < 1.29 is 26.7 Å². The zero-order valence-electron chi connectivity index (χ0n) is 20.5. The lowest BCUT2D eigenvalue weighted by atomic mass is 9.84. The van der Waals surface area contributed by atoms with Crippen LogP contribution in [0.4, 0.5) is 0 Å². The van der Waals surface area contributed by atoms with Gasteiger partial charge in [-0.3, -0.25) is 4.79 Å². The fraction of sp³-hybridized carbons (Fsp3) is 0.583. The van der Waals surface area contributed by atoms with E-state index in [9.17, 15) is 26.7 Å². The average Bonchev–Trinajstić information content (AvgIpc) is 3.40. The normalized spacial score (nSPS) is 22.7. The molecule has 1 saturated carbocycles. The van der Waals surface area contributed by atoms with Gasteiger partial charge in [-0.2, -0.15) is 12.8 Å². The van der Waals surface area contributed by atoms with Gasteiger partial charge in [0.1, 0.15) is 21.9 Å². The summed E-state index contributed by atoms with van der Waals surface area (Å²) in [4.78, 5) is 15.2. The number of aliphatic hydroxyl groups is 1. The number of benzene rings is 1. The summed E-state index contributed by atoms with van der Waals surface area (Å²) < 4.78 is 55.4. The summed E-state index contributed by atoms with van der Waals surface area (Å²) in [6, 6.07) is 4.02. The second kappa shape index (κ2) is 9.01. The first-order valence-electron chi connectivity index (χ1n) is 11.9. The minimum absolute atomic E-state index is 0.0821. The summed E-state index contributed by atoms with van der Waals surface area (Å²) in [7, 11) is -7.76. The number of fused-ring (bicyclic) bond motifs is 1. The first-order chi connectivity index (χ1) is 16.2. The van der Waals surface area contributed by atoms with Crippen molar-refractivity contribution in [2.24, 2.45) is 15.7 Å². The van der Waals surface area contributed by atoms with E-state index in [1.54, 1.807) is 11.0 Å². The van der Waals surface area contributed by atoms with Gasteiger partial charge in [-0.05, 0) is 23.3 Å². The Kier molecular flexibility index (Phi) is 6.65. The Balaban J connectivity index is 1.74. The van der Waals surface area contributed by atoms with E-state index in [1.807, 2.05) is 20.8 Å². The molecule has 0 spiro atoms. The lowest BCUT2D eigenvalue weighted by Crippen LogP contribution is -2.44. The van der Waals surface area contributed by atoms with Crippen molar-refractivity contribution in [1.29, 1.82) is 0 Å². The van der Waals surface area contributed by atoms with E-state index in [0.717, 1.165) is 25.5 Å². The van der Waals surface area contributed by atoms with Gasteiger partial charge in [0.2, 0.25) is 10.0 Å². The molecule has 9 nitrogen and oxygen atoms in total. The Morgan fingerprint density at radius 1 is 1.20 bits per heavy atom. The van der Waals surface area contributed by atoms with Gasteiger partial charge in [-0.25, -0.2) is 13.1 Å². The second-order valence-electron chi connectivity index (χ2n) is 10.8. The summed E-state index contributed by atoms with van der Waals surface area (Å²) >= 11 is 0. The van der Waals surface area contributed by atoms with E-state index in [2.05, 4.69) is 9.12 Å². The molecule has 0 aromatic heterocycles. The molecule has 35 heavy (non-hydrogen) atoms. The largest absolute Gasteiger partial charge is 0.509 e. The predicted molar refractivity (Wildman–Crippen MR) is 133 cm³/mol. The highest BCUT2D eigenvalue weighted by Gasteiger charge is 2.49. The van der Waals surface area contributed by atoms with Crippen molar-refractivity contribution in [3.8, 4) is 0 Å². The highest BCUT2D eigenvalue weighted by Crippen LogP contribution is 2.41. The van der Waals surface area contributed by atoms with Gasteiger partial charge in [0.25, 0.3) is 15.9 Å². The van der Waals surface area contributed by atoms with Crippen LogP contribution in [0.3, 0.4) is 0 Å². The molecule has 3 aliphatic rings. The third-order valence-corrected chi connectivity index (χ3v) is 9.05. The minimum atomic E-state index is -4.20. The van der Waals surface area contributed by atoms with Crippen LogP contribution in [0, 0.1) is 11.3 Å². The second-order valence-corrected chi connectivity index (χ2v) is 14.1. The molecule has 1 fully saturated rings. The molecule has 1 atom stereocenters. The summed E-state index contributed by atoms with van der Waals surface area (Å²) in [5, 5.41) is 11.3. The first kappa shape index (κ1) is 25.8. The van der Waals surface area contributed by atoms with E-state index in [-0.39, 0.29) is 39.6 Å². The van der Waals surface area contributed by atoms with Crippen molar-refractivity contribution in [2.45, 2.75) is 70.4 Å². The van der Waals surface area contributed by atoms with Crippen LogP contribution in [-0.4, -0.2) is 57.3 Å². The van der Waals surface area contributed by atoms with Crippen LogP contribution in [0.2, 0.25) is 0 Å². The Bertz CT molecular complexity index is 1320. The smallest absolute Gasteiger partial charge is 0.283 e. The summed E-state index contributed by atoms with van der Waals surface area (Å²) in [5.74, 6) is -0.0540. The third kappa shape index (κ3) is 5.03. The predicted octanol–water partition coefficient (Wildman–Crippen LogP) is 2.88. The van der Waals surface area contributed by atoms with Crippen LogP contribution < -0.4 is 4.72 Å². The molecule has 11 heteroatoms. The van der Waals surface area contributed by atoms with Crippen molar-refractivity contribution >= 4 is 31.7 Å². The maximum absolute atomic E-state index is 13.7. The monoisotopic (exact) mass is 523 g/mol. The molecule has 1 aromatic carbocycles. The maximum atomic E-state index is 13.7. The third-order valence-electron chi connectivity index (χ3n) is 6.96. The molecular formula is C24H33N3O6S2. The lowest BCUT2D eigenvalue weighted by molar-refractivity contribution is -0.128. The molecule has 1 aromatic rings. The van der Waals surface area contributed by atoms with Crippen molar-refractivity contribution in [1.82, 2.24) is 9.62 Å². The molecule has 4 rings (SSSR count). The van der Waals surface area contributed by atoms with Crippen LogP contribution in [0.1, 0.15) is 64.0 Å². The topological polar surface area (TPSA) is 133 Å². The van der Waals surface area contributed by atoms with Gasteiger partial charge in [-0.15, -0.1) is 0 Å². The molecular weight excluding hydrogens is 490 g/mol. The number of carbonyl (C=O) groups is 1. The maximum Gasteiger partial charge on any atom is 0.283 e. The fourth-order valence-corrected chi connectivity index (χ4v) is 7.28. The number of hydrogen-bond acceptors (Lipinski definition) is 6. The quantitative estimate of drug-likeness (QED) is 0.565. The van der Waals surface area contributed by atoms with Gasteiger partial charge in [0.15, 0.2) is 0 Å². The van der Waals surface area contributed by atoms with Crippen LogP contribution in [0.15, 0.2) is 38.8 Å². The Hall–Kier alpha value is -2.24. The number of hydrogen-bond donors (Lipinski definition) is 2. The summed E-state index contributed by atoms with van der Waals surface area (Å²) in [6.07, 6.45) is 6.48. The number of aliphatic hydroxyl groups excluding tert-OH is 1. The van der Waals surface area contributed by atoms with E-state index in [1.165, 1.54) is 25.0 Å². The van der Waals surface area contributed by atoms with Gasteiger partial charge in [0.05, 0.1) is 12.3 Å². The van der Waals surface area contributed by atoms with Gasteiger partial charge < -0.3 is 10.0 Å². The van der Waals surface area contributed by atoms with Crippen molar-refractivity contribution in [3.05, 3.63) is 40.7 Å². The van der Waals surface area contributed by atoms with Crippen LogP contribution in [0.25, 0.3) is 0 Å². The Labute approximate surface area is 207 Å². The molecule has 2 N–H and O–H groups in total. The molecule has 0 radical (unpaired) electrons. The zero-order chi connectivity index (χ0) is 25.8. The number of sulfonamides is 2. The van der Waals surface area contributed by atoms with E-state index < -0.39 is 37.4 Å². The van der Waals surface area contributed by atoms with E-state index >= 15 is 0 Å². The zero-order valence-corrected chi connectivity index (χ0v) is 22.2. The molecule has 1 amide bonds. The number of carbonyl (C=O) groups excluding carboxylic acids is 1. The number of amides is 1. The number of nitrogens with zero attached hydrogens (tertiary/aromatic N) is 2. The Morgan fingerprint density at radius 2 is 1.86 bits per heavy atom. The van der Waals surface area contributed by atoms with Crippen LogP contribution >= 0.6 is 0 Å². The van der Waals surface area contributed by atoms with Gasteiger partial charge in [-0.1, -0.05) is 64.7 Å². The first-order valence-corrected chi connectivity index (χ1v) is 15.2. The van der Waals surface area contributed by atoms with Gasteiger partial charge in [0, 0.05) is 18.7 Å². The number of nitrogens with one attached hydrogen (secondary N) is 1. The average molecular weight is 524 g/mol. The lowest BCUT2D eigenvalue weighted by Gasteiger charge is -2.35. The highest BCUT2D eigenvalue weighted by atomic mass is 32.2. The van der Waals surface area contributed by atoms with Crippen molar-refractivity contribution in [3.63, 3.8) is 0 Å². The summed E-state index contributed by atoms with van der Waals surface area (Å²) in [5.41, 5.74) is -0.242. The standard InChI is InChI=1S/C24H33N3O6S2/c1-24(2,3)22-20(28)18(23(29)27(22)13-12-15-8-5-6-9-15)19-17-11-7-10-16(14-25-34(4,30)31)21(17)35(32,33)26-19/h7,10-11,15,22,25,28H,5-6,8-9,12-14H2,1-4H3/t22-/m1/s1. The SMILES string of the molecule is CC(C)(C)[C@H]1C(O)=C(C2=NS(=O)(=O)c3c(CNS(C)(=O)=O)cccc32)C(=O)N1CCC1CCCC1. The van der Waals surface area contributed by atoms with Crippen molar-refractivity contribution in [2.75, 3.05) is 12.8 Å². The molecule has 2 heterocycles. The molecule has 1 aliphatic carbocycles. The molecule has 0 bridgehead atoms. The molecule has 0 saturated heterocycles. The minimum Gasteiger partial charge on any atom is -0.509 e. The van der Waals surface area contributed by atoms with E-state index in [4.69, 9.17) is 0 Å². The van der Waals surface area contributed by atoms with Crippen LogP contribution in [-0.2, 0) is 31.4 Å². The van der Waals surface area contributed by atoms with E-state index in [0.29, 0.717) is 12.5 Å². The van der Waals surface area contributed by atoms with Crippen LogP contribution in [0.5, 0.6) is 0 Å². The fourth-order valence-electron chi connectivity index (χ4n) is 5.43. The molecule has 0 unspecified atom stereocenters.